The molecule has 2 nitrogen and oxygen atoms in total. The molecule has 3 aromatic carbocycles. The number of ether oxygens (including phenoxy) is 1. The van der Waals surface area contributed by atoms with Gasteiger partial charge in [0.2, 0.25) is 0 Å². The molecule has 0 atom stereocenters. The molecule has 0 spiro atoms. The molecule has 22 heavy (non-hydrogen) atoms. The Morgan fingerprint density at radius 1 is 0.773 bits per heavy atom. The van der Waals surface area contributed by atoms with E-state index < -0.39 is 0 Å². The molecule has 3 aromatic rings. The first-order valence-electron chi connectivity index (χ1n) is 7.18. The van der Waals surface area contributed by atoms with Gasteiger partial charge in [-0.2, -0.15) is 0 Å². The summed E-state index contributed by atoms with van der Waals surface area (Å²) in [5, 5.41) is 0. The Bertz CT molecular complexity index is 746. The molecular weight excluding hydrogens is 272 g/mol. The second kappa shape index (κ2) is 6.72. The van der Waals surface area contributed by atoms with E-state index in [1.54, 1.807) is 0 Å². The topological polar surface area (TPSA) is 26.3 Å². The number of hydrogen-bond acceptors (Lipinski definition) is 2. The smallest absolute Gasteiger partial charge is 0.150 e. The Labute approximate surface area is 130 Å². The molecule has 0 aliphatic rings. The predicted molar refractivity (Wildman–Crippen MR) is 88.0 cm³/mol. The molecule has 0 fully saturated rings. The fourth-order valence-corrected chi connectivity index (χ4v) is 2.33. The van der Waals surface area contributed by atoms with Crippen LogP contribution < -0.4 is 4.74 Å². The fourth-order valence-electron chi connectivity index (χ4n) is 2.33. The summed E-state index contributed by atoms with van der Waals surface area (Å²) in [6, 6.07) is 25.4. The van der Waals surface area contributed by atoms with Crippen LogP contribution in [0.5, 0.6) is 5.75 Å². The number of rotatable bonds is 5. The van der Waals surface area contributed by atoms with Crippen molar-refractivity contribution >= 4 is 6.29 Å². The van der Waals surface area contributed by atoms with E-state index in [1.165, 1.54) is 0 Å². The number of carbonyl (C=O) groups excluding carboxylic acids is 1. The van der Waals surface area contributed by atoms with Gasteiger partial charge in [-0.15, -0.1) is 0 Å². The molecule has 0 bridgehead atoms. The molecule has 0 saturated heterocycles. The third-order valence-electron chi connectivity index (χ3n) is 3.50. The molecule has 0 saturated carbocycles. The Balaban J connectivity index is 1.74. The molecule has 0 radical (unpaired) electrons. The van der Waals surface area contributed by atoms with E-state index in [2.05, 4.69) is 0 Å². The van der Waals surface area contributed by atoms with Gasteiger partial charge in [0.25, 0.3) is 0 Å². The average Bonchev–Trinajstić information content (AvgIpc) is 2.61. The van der Waals surface area contributed by atoms with Crippen LogP contribution in [0.4, 0.5) is 0 Å². The summed E-state index contributed by atoms with van der Waals surface area (Å²) in [4.78, 5) is 11.1. The zero-order chi connectivity index (χ0) is 15.2. The van der Waals surface area contributed by atoms with Gasteiger partial charge in [0.15, 0.2) is 6.29 Å². The standard InChI is InChI=1S/C20H16O2/c21-14-18-8-4-5-9-20(18)17-10-12-19(13-11-17)22-15-16-6-2-1-3-7-16/h1-14H,15H2. The van der Waals surface area contributed by atoms with Crippen LogP contribution >= 0.6 is 0 Å². The normalized spacial score (nSPS) is 10.2. The maximum atomic E-state index is 11.1. The molecule has 0 aromatic heterocycles. The third-order valence-corrected chi connectivity index (χ3v) is 3.50. The SMILES string of the molecule is O=Cc1ccccc1-c1ccc(OCc2ccccc2)cc1. The highest BCUT2D eigenvalue weighted by molar-refractivity contribution is 5.87. The van der Waals surface area contributed by atoms with Gasteiger partial charge in [0, 0.05) is 5.56 Å². The molecule has 0 N–H and O–H groups in total. The summed E-state index contributed by atoms with van der Waals surface area (Å²) in [5.41, 5.74) is 3.78. The van der Waals surface area contributed by atoms with E-state index in [0.717, 1.165) is 28.7 Å². The van der Waals surface area contributed by atoms with Crippen LogP contribution in [0.15, 0.2) is 78.9 Å². The lowest BCUT2D eigenvalue weighted by Crippen LogP contribution is -1.95. The molecule has 0 aliphatic carbocycles. The Kier molecular flexibility index (Phi) is 4.30. The van der Waals surface area contributed by atoms with Gasteiger partial charge < -0.3 is 4.74 Å². The van der Waals surface area contributed by atoms with E-state index in [0.29, 0.717) is 12.2 Å². The van der Waals surface area contributed by atoms with Gasteiger partial charge in [0.1, 0.15) is 12.4 Å². The van der Waals surface area contributed by atoms with E-state index in [-0.39, 0.29) is 0 Å². The maximum Gasteiger partial charge on any atom is 0.150 e. The number of carbonyl (C=O) groups is 1. The monoisotopic (exact) mass is 288 g/mol. The summed E-state index contributed by atoms with van der Waals surface area (Å²) in [6.07, 6.45) is 0.884. The molecule has 0 aliphatic heterocycles. The summed E-state index contributed by atoms with van der Waals surface area (Å²) in [6.45, 7) is 0.547. The van der Waals surface area contributed by atoms with Crippen LogP contribution in [-0.2, 0) is 6.61 Å². The number of hydrogen-bond donors (Lipinski definition) is 0. The zero-order valence-corrected chi connectivity index (χ0v) is 12.1. The second-order valence-corrected chi connectivity index (χ2v) is 5.00. The van der Waals surface area contributed by atoms with Crippen molar-refractivity contribution in [3.8, 4) is 16.9 Å². The molecule has 0 heterocycles. The first-order chi connectivity index (χ1) is 10.9. The van der Waals surface area contributed by atoms with Crippen molar-refractivity contribution in [1.29, 1.82) is 0 Å². The van der Waals surface area contributed by atoms with Gasteiger partial charge in [-0.05, 0) is 28.8 Å². The van der Waals surface area contributed by atoms with Crippen molar-refractivity contribution in [2.45, 2.75) is 6.61 Å². The van der Waals surface area contributed by atoms with Gasteiger partial charge in [-0.3, -0.25) is 4.79 Å². The lowest BCUT2D eigenvalue weighted by Gasteiger charge is -2.08. The quantitative estimate of drug-likeness (QED) is 0.634. The van der Waals surface area contributed by atoms with E-state index in [9.17, 15) is 4.79 Å². The molecule has 2 heteroatoms. The highest BCUT2D eigenvalue weighted by Crippen LogP contribution is 2.25. The van der Waals surface area contributed by atoms with Gasteiger partial charge in [-0.25, -0.2) is 0 Å². The summed E-state index contributed by atoms with van der Waals surface area (Å²) >= 11 is 0. The fraction of sp³-hybridized carbons (Fsp3) is 0.0500. The molecule has 0 unspecified atom stereocenters. The first-order valence-corrected chi connectivity index (χ1v) is 7.18. The minimum atomic E-state index is 0.547. The second-order valence-electron chi connectivity index (χ2n) is 5.00. The van der Waals surface area contributed by atoms with Crippen LogP contribution in [0.25, 0.3) is 11.1 Å². The van der Waals surface area contributed by atoms with Crippen LogP contribution in [-0.4, -0.2) is 6.29 Å². The molecule has 108 valence electrons. The first kappa shape index (κ1) is 14.1. The Morgan fingerprint density at radius 3 is 2.18 bits per heavy atom. The highest BCUT2D eigenvalue weighted by Gasteiger charge is 2.04. The maximum absolute atomic E-state index is 11.1. The van der Waals surface area contributed by atoms with E-state index in [1.807, 2.05) is 78.9 Å². The predicted octanol–water partition coefficient (Wildman–Crippen LogP) is 4.75. The van der Waals surface area contributed by atoms with Gasteiger partial charge >= 0.3 is 0 Å². The molecule has 0 amide bonds. The van der Waals surface area contributed by atoms with Gasteiger partial charge in [0.05, 0.1) is 0 Å². The molecular formula is C20H16O2. The van der Waals surface area contributed by atoms with Crippen molar-refractivity contribution in [2.24, 2.45) is 0 Å². The van der Waals surface area contributed by atoms with Crippen molar-refractivity contribution in [1.82, 2.24) is 0 Å². The summed E-state index contributed by atoms with van der Waals surface area (Å²) in [7, 11) is 0. The van der Waals surface area contributed by atoms with E-state index >= 15 is 0 Å². The van der Waals surface area contributed by atoms with Crippen molar-refractivity contribution in [3.05, 3.63) is 90.0 Å². The number of aldehydes is 1. The zero-order valence-electron chi connectivity index (χ0n) is 12.1. The number of benzene rings is 3. The van der Waals surface area contributed by atoms with E-state index in [4.69, 9.17) is 4.74 Å². The van der Waals surface area contributed by atoms with Crippen molar-refractivity contribution in [2.75, 3.05) is 0 Å². The highest BCUT2D eigenvalue weighted by atomic mass is 16.5. The Morgan fingerprint density at radius 2 is 1.45 bits per heavy atom. The minimum absolute atomic E-state index is 0.547. The van der Waals surface area contributed by atoms with Crippen LogP contribution in [0.2, 0.25) is 0 Å². The summed E-state index contributed by atoms with van der Waals surface area (Å²) in [5.74, 6) is 0.816. The largest absolute Gasteiger partial charge is 0.489 e. The van der Waals surface area contributed by atoms with Crippen LogP contribution in [0.1, 0.15) is 15.9 Å². The van der Waals surface area contributed by atoms with Gasteiger partial charge in [-0.1, -0.05) is 66.7 Å². The van der Waals surface area contributed by atoms with Crippen LogP contribution in [0.3, 0.4) is 0 Å². The van der Waals surface area contributed by atoms with Crippen molar-refractivity contribution in [3.63, 3.8) is 0 Å². The average molecular weight is 288 g/mol. The minimum Gasteiger partial charge on any atom is -0.489 e. The third kappa shape index (κ3) is 3.23. The van der Waals surface area contributed by atoms with Crippen molar-refractivity contribution < 1.29 is 9.53 Å². The molecule has 3 rings (SSSR count). The van der Waals surface area contributed by atoms with Crippen LogP contribution in [0, 0.1) is 0 Å². The Hall–Kier alpha value is -2.87. The lowest BCUT2D eigenvalue weighted by atomic mass is 10.0. The lowest BCUT2D eigenvalue weighted by molar-refractivity contribution is 0.112. The summed E-state index contributed by atoms with van der Waals surface area (Å²) < 4.78 is 5.77.